The van der Waals surface area contributed by atoms with E-state index in [0.29, 0.717) is 12.8 Å². The van der Waals surface area contributed by atoms with E-state index in [9.17, 15) is 18.0 Å². The maximum atomic E-state index is 12.2. The Morgan fingerprint density at radius 1 is 1.24 bits per heavy atom. The van der Waals surface area contributed by atoms with Crippen LogP contribution in [0.5, 0.6) is 0 Å². The molecular weight excluding hydrogens is 235 g/mol. The van der Waals surface area contributed by atoms with Gasteiger partial charge in [-0.15, -0.1) is 0 Å². The number of carbonyl (C=O) groups is 1. The first-order chi connectivity index (χ1) is 7.81. The Hall–Kier alpha value is -0.780. The average molecular weight is 255 g/mol. The van der Waals surface area contributed by atoms with Crippen molar-refractivity contribution in [3.63, 3.8) is 0 Å². The van der Waals surface area contributed by atoms with Gasteiger partial charge in [-0.3, -0.25) is 10.1 Å². The molecule has 0 aromatic heterocycles. The lowest BCUT2D eigenvalue weighted by Gasteiger charge is -2.31. The van der Waals surface area contributed by atoms with Crippen LogP contribution in [-0.2, 0) is 9.53 Å². The Balaban J connectivity index is 4.75. The fourth-order valence-electron chi connectivity index (χ4n) is 1.67. The van der Waals surface area contributed by atoms with Gasteiger partial charge in [-0.2, -0.15) is 13.2 Å². The van der Waals surface area contributed by atoms with Gasteiger partial charge in [-0.25, -0.2) is 0 Å². The largest absolute Gasteiger partial charge is 0.465 e. The summed E-state index contributed by atoms with van der Waals surface area (Å²) in [4.78, 5) is 11.8. The Labute approximate surface area is 99.7 Å². The summed E-state index contributed by atoms with van der Waals surface area (Å²) < 4.78 is 41.4. The Morgan fingerprint density at radius 3 is 2.18 bits per heavy atom. The highest BCUT2D eigenvalue weighted by Crippen LogP contribution is 2.22. The van der Waals surface area contributed by atoms with Crippen molar-refractivity contribution in [3.8, 4) is 0 Å². The molecule has 0 heterocycles. The molecular formula is C11H20F3NO2. The van der Waals surface area contributed by atoms with E-state index in [1.54, 1.807) is 13.8 Å². The highest BCUT2D eigenvalue weighted by atomic mass is 19.4. The Bertz CT molecular complexity index is 243. The lowest BCUT2D eigenvalue weighted by atomic mass is 9.90. The number of rotatable bonds is 7. The van der Waals surface area contributed by atoms with Crippen molar-refractivity contribution in [3.05, 3.63) is 0 Å². The van der Waals surface area contributed by atoms with E-state index in [0.717, 1.165) is 0 Å². The molecule has 6 heteroatoms. The van der Waals surface area contributed by atoms with Gasteiger partial charge in [0, 0.05) is 0 Å². The second-order valence-electron chi connectivity index (χ2n) is 3.87. The fourth-order valence-corrected chi connectivity index (χ4v) is 1.67. The first kappa shape index (κ1) is 16.2. The molecule has 0 aliphatic rings. The lowest BCUT2D eigenvalue weighted by Crippen LogP contribution is -2.55. The first-order valence-electron chi connectivity index (χ1n) is 5.80. The van der Waals surface area contributed by atoms with Crippen molar-refractivity contribution in [2.75, 3.05) is 13.2 Å². The predicted molar refractivity (Wildman–Crippen MR) is 58.6 cm³/mol. The summed E-state index contributed by atoms with van der Waals surface area (Å²) in [5.41, 5.74) is -1.22. The molecule has 0 aliphatic carbocycles. The minimum Gasteiger partial charge on any atom is -0.465 e. The molecule has 0 spiro atoms. The molecule has 0 amide bonds. The van der Waals surface area contributed by atoms with Gasteiger partial charge in [-0.05, 0) is 19.8 Å². The monoisotopic (exact) mass is 255 g/mol. The van der Waals surface area contributed by atoms with Crippen LogP contribution in [-0.4, -0.2) is 30.8 Å². The molecule has 0 aliphatic heterocycles. The van der Waals surface area contributed by atoms with E-state index in [4.69, 9.17) is 4.74 Å². The van der Waals surface area contributed by atoms with E-state index in [1.165, 1.54) is 0 Å². The third kappa shape index (κ3) is 5.39. The Morgan fingerprint density at radius 2 is 1.82 bits per heavy atom. The summed E-state index contributed by atoms with van der Waals surface area (Å²) >= 11 is 0. The van der Waals surface area contributed by atoms with E-state index in [-0.39, 0.29) is 13.0 Å². The van der Waals surface area contributed by atoms with E-state index >= 15 is 0 Å². The molecule has 0 aromatic rings. The van der Waals surface area contributed by atoms with Crippen LogP contribution < -0.4 is 5.32 Å². The molecule has 0 bridgehead atoms. The van der Waals surface area contributed by atoms with Crippen LogP contribution >= 0.6 is 0 Å². The van der Waals surface area contributed by atoms with Crippen molar-refractivity contribution in [2.45, 2.75) is 51.7 Å². The smallest absolute Gasteiger partial charge is 0.401 e. The first-order valence-corrected chi connectivity index (χ1v) is 5.80. The Kier molecular flexibility index (Phi) is 6.52. The van der Waals surface area contributed by atoms with E-state index in [1.807, 2.05) is 6.92 Å². The van der Waals surface area contributed by atoms with Crippen LogP contribution in [0.1, 0.15) is 40.0 Å². The SMILES string of the molecule is CCCC(CC)(NCC(F)(F)F)C(=O)OCC. The molecule has 17 heavy (non-hydrogen) atoms. The predicted octanol–water partition coefficient (Wildman–Crippen LogP) is 2.65. The second kappa shape index (κ2) is 6.83. The number of esters is 1. The summed E-state index contributed by atoms with van der Waals surface area (Å²) in [6.45, 7) is 4.11. The van der Waals surface area contributed by atoms with Crippen molar-refractivity contribution in [2.24, 2.45) is 0 Å². The molecule has 1 unspecified atom stereocenters. The molecule has 0 fully saturated rings. The highest BCUT2D eigenvalue weighted by Gasteiger charge is 2.40. The second-order valence-corrected chi connectivity index (χ2v) is 3.87. The highest BCUT2D eigenvalue weighted by molar-refractivity contribution is 5.80. The van der Waals surface area contributed by atoms with Crippen LogP contribution in [0.3, 0.4) is 0 Å². The van der Waals surface area contributed by atoms with Crippen LogP contribution in [0, 0.1) is 0 Å². The zero-order chi connectivity index (χ0) is 13.5. The summed E-state index contributed by atoms with van der Waals surface area (Å²) in [5, 5.41) is 2.31. The molecule has 1 atom stereocenters. The van der Waals surface area contributed by atoms with Gasteiger partial charge in [0.15, 0.2) is 0 Å². The maximum Gasteiger partial charge on any atom is 0.401 e. The summed E-state index contributed by atoms with van der Waals surface area (Å²) in [5.74, 6) is -0.603. The number of halogens is 3. The molecule has 0 rings (SSSR count). The molecule has 0 saturated carbocycles. The van der Waals surface area contributed by atoms with Gasteiger partial charge in [0.1, 0.15) is 5.54 Å². The summed E-state index contributed by atoms with van der Waals surface area (Å²) in [6.07, 6.45) is -3.12. The van der Waals surface area contributed by atoms with Gasteiger partial charge in [-0.1, -0.05) is 20.3 Å². The van der Waals surface area contributed by atoms with Crippen molar-refractivity contribution >= 4 is 5.97 Å². The van der Waals surface area contributed by atoms with Crippen molar-refractivity contribution < 1.29 is 22.7 Å². The van der Waals surface area contributed by atoms with Crippen LogP contribution in [0.4, 0.5) is 13.2 Å². The van der Waals surface area contributed by atoms with Gasteiger partial charge in [0.05, 0.1) is 13.2 Å². The summed E-state index contributed by atoms with van der Waals surface area (Å²) in [7, 11) is 0. The average Bonchev–Trinajstić information content (AvgIpc) is 2.23. The van der Waals surface area contributed by atoms with E-state index in [2.05, 4.69) is 5.32 Å². The molecule has 0 radical (unpaired) electrons. The number of hydrogen-bond donors (Lipinski definition) is 1. The minimum absolute atomic E-state index is 0.165. The quantitative estimate of drug-likeness (QED) is 0.711. The van der Waals surface area contributed by atoms with E-state index < -0.39 is 24.2 Å². The molecule has 3 nitrogen and oxygen atoms in total. The zero-order valence-electron chi connectivity index (χ0n) is 10.5. The fraction of sp³-hybridized carbons (Fsp3) is 0.909. The molecule has 1 N–H and O–H groups in total. The number of carbonyl (C=O) groups excluding carboxylic acids is 1. The lowest BCUT2D eigenvalue weighted by molar-refractivity contribution is -0.156. The number of alkyl halides is 3. The molecule has 0 saturated heterocycles. The van der Waals surface area contributed by atoms with Crippen LogP contribution in [0.25, 0.3) is 0 Å². The number of ether oxygens (including phenoxy) is 1. The number of hydrogen-bond acceptors (Lipinski definition) is 3. The third-order valence-electron chi connectivity index (χ3n) is 2.57. The standard InChI is InChI=1S/C11H20F3NO2/c1-4-7-10(5-2,9(16)17-6-3)15-8-11(12,13)14/h15H,4-8H2,1-3H3. The van der Waals surface area contributed by atoms with Crippen molar-refractivity contribution in [1.29, 1.82) is 0 Å². The van der Waals surface area contributed by atoms with Gasteiger partial charge in [0.2, 0.25) is 0 Å². The number of nitrogens with one attached hydrogen (secondary N) is 1. The maximum absolute atomic E-state index is 12.2. The van der Waals surface area contributed by atoms with Gasteiger partial charge < -0.3 is 4.74 Å². The topological polar surface area (TPSA) is 38.3 Å². The van der Waals surface area contributed by atoms with Gasteiger partial charge >= 0.3 is 12.1 Å². The third-order valence-corrected chi connectivity index (χ3v) is 2.57. The van der Waals surface area contributed by atoms with Crippen LogP contribution in [0.2, 0.25) is 0 Å². The molecule has 0 aromatic carbocycles. The van der Waals surface area contributed by atoms with Crippen LogP contribution in [0.15, 0.2) is 0 Å². The van der Waals surface area contributed by atoms with Gasteiger partial charge in [0.25, 0.3) is 0 Å². The summed E-state index contributed by atoms with van der Waals surface area (Å²) in [6, 6.07) is 0. The zero-order valence-corrected chi connectivity index (χ0v) is 10.5. The normalized spacial score (nSPS) is 15.4. The minimum atomic E-state index is -4.33. The van der Waals surface area contributed by atoms with Crippen molar-refractivity contribution in [1.82, 2.24) is 5.32 Å². The molecule has 102 valence electrons.